The zero-order valence-corrected chi connectivity index (χ0v) is 10.9. The molecule has 2 N–H and O–H groups in total. The number of aliphatic carboxylic acids is 1. The summed E-state index contributed by atoms with van der Waals surface area (Å²) in [6.07, 6.45) is 0. The minimum absolute atomic E-state index is 0.124. The molecule has 0 bridgehead atoms. The van der Waals surface area contributed by atoms with Gasteiger partial charge in [-0.05, 0) is 31.2 Å². The molecule has 0 aromatic heterocycles. The highest BCUT2D eigenvalue weighted by molar-refractivity contribution is 5.89. The number of amides is 2. The van der Waals surface area contributed by atoms with Crippen LogP contribution in [-0.2, 0) is 4.79 Å². The fourth-order valence-corrected chi connectivity index (χ4v) is 1.50. The molecule has 0 spiro atoms. The molecule has 104 valence electrons. The fourth-order valence-electron chi connectivity index (χ4n) is 1.50. The van der Waals surface area contributed by atoms with E-state index in [0.29, 0.717) is 12.2 Å². The van der Waals surface area contributed by atoms with Gasteiger partial charge in [0.1, 0.15) is 5.82 Å². The van der Waals surface area contributed by atoms with Gasteiger partial charge in [-0.3, -0.25) is 4.79 Å². The van der Waals surface area contributed by atoms with Gasteiger partial charge in [-0.25, -0.2) is 9.18 Å². The standard InChI is InChI=1S/C13H17FN2O3/c1-3-16(8-9(2)12(17)18)13(19)15-11-6-4-10(14)5-7-11/h4-7,9H,3,8H2,1-2H3,(H,15,19)(H,17,18). The van der Waals surface area contributed by atoms with Crippen molar-refractivity contribution in [1.29, 1.82) is 0 Å². The molecule has 1 atom stereocenters. The second-order valence-corrected chi connectivity index (χ2v) is 4.21. The zero-order valence-electron chi connectivity index (χ0n) is 10.9. The molecule has 1 rings (SSSR count). The number of benzene rings is 1. The van der Waals surface area contributed by atoms with Crippen molar-refractivity contribution < 1.29 is 19.1 Å². The first-order valence-corrected chi connectivity index (χ1v) is 5.98. The number of urea groups is 1. The lowest BCUT2D eigenvalue weighted by Gasteiger charge is -2.23. The number of halogens is 1. The first-order valence-electron chi connectivity index (χ1n) is 5.98. The van der Waals surface area contributed by atoms with E-state index in [0.717, 1.165) is 0 Å². The summed E-state index contributed by atoms with van der Waals surface area (Å²) in [6, 6.07) is 4.98. The lowest BCUT2D eigenvalue weighted by Crippen LogP contribution is -2.39. The summed E-state index contributed by atoms with van der Waals surface area (Å²) >= 11 is 0. The Morgan fingerprint density at radius 1 is 1.37 bits per heavy atom. The van der Waals surface area contributed by atoms with Crippen molar-refractivity contribution in [1.82, 2.24) is 4.90 Å². The average Bonchev–Trinajstić information content (AvgIpc) is 2.38. The second-order valence-electron chi connectivity index (χ2n) is 4.21. The smallest absolute Gasteiger partial charge is 0.321 e. The van der Waals surface area contributed by atoms with Crippen LogP contribution in [0.2, 0.25) is 0 Å². The highest BCUT2D eigenvalue weighted by atomic mass is 19.1. The van der Waals surface area contributed by atoms with Crippen LogP contribution in [-0.4, -0.2) is 35.1 Å². The largest absolute Gasteiger partial charge is 0.481 e. The lowest BCUT2D eigenvalue weighted by molar-refractivity contribution is -0.141. The topological polar surface area (TPSA) is 69.6 Å². The molecular weight excluding hydrogens is 251 g/mol. The van der Waals surface area contributed by atoms with Crippen molar-refractivity contribution in [2.45, 2.75) is 13.8 Å². The highest BCUT2D eigenvalue weighted by Gasteiger charge is 2.19. The van der Waals surface area contributed by atoms with Gasteiger partial charge in [0.15, 0.2) is 0 Å². The van der Waals surface area contributed by atoms with Gasteiger partial charge in [-0.15, -0.1) is 0 Å². The van der Waals surface area contributed by atoms with Crippen molar-refractivity contribution >= 4 is 17.7 Å². The first kappa shape index (κ1) is 14.9. The SMILES string of the molecule is CCN(CC(C)C(=O)O)C(=O)Nc1ccc(F)cc1. The number of carboxylic acids is 1. The molecule has 2 amide bonds. The van der Waals surface area contributed by atoms with E-state index in [1.807, 2.05) is 0 Å². The summed E-state index contributed by atoms with van der Waals surface area (Å²) in [7, 11) is 0. The van der Waals surface area contributed by atoms with E-state index < -0.39 is 17.9 Å². The van der Waals surface area contributed by atoms with Gasteiger partial charge < -0.3 is 15.3 Å². The number of hydrogen-bond acceptors (Lipinski definition) is 2. The van der Waals surface area contributed by atoms with Gasteiger partial charge in [0.25, 0.3) is 0 Å². The Labute approximate surface area is 111 Å². The third-order valence-electron chi connectivity index (χ3n) is 2.68. The van der Waals surface area contributed by atoms with Gasteiger partial charge in [0, 0.05) is 18.8 Å². The Kier molecular flexibility index (Phi) is 5.29. The lowest BCUT2D eigenvalue weighted by atomic mass is 10.2. The molecule has 0 fully saturated rings. The van der Waals surface area contributed by atoms with E-state index in [2.05, 4.69) is 5.32 Å². The molecule has 0 aliphatic rings. The third kappa shape index (κ3) is 4.57. The summed E-state index contributed by atoms with van der Waals surface area (Å²) in [5, 5.41) is 11.4. The van der Waals surface area contributed by atoms with Crippen LogP contribution in [0.1, 0.15) is 13.8 Å². The van der Waals surface area contributed by atoms with Crippen molar-refractivity contribution in [3.63, 3.8) is 0 Å². The van der Waals surface area contributed by atoms with Gasteiger partial charge in [0.05, 0.1) is 5.92 Å². The predicted molar refractivity (Wildman–Crippen MR) is 69.5 cm³/mol. The molecule has 0 saturated heterocycles. The molecule has 5 nitrogen and oxygen atoms in total. The Morgan fingerprint density at radius 3 is 2.42 bits per heavy atom. The minimum Gasteiger partial charge on any atom is -0.481 e. The van der Waals surface area contributed by atoms with Gasteiger partial charge in [0.2, 0.25) is 0 Å². The van der Waals surface area contributed by atoms with Crippen LogP contribution in [0.15, 0.2) is 24.3 Å². The Balaban J connectivity index is 2.63. The van der Waals surface area contributed by atoms with Crippen LogP contribution in [0.5, 0.6) is 0 Å². The molecule has 1 aromatic carbocycles. The highest BCUT2D eigenvalue weighted by Crippen LogP contribution is 2.10. The van der Waals surface area contributed by atoms with E-state index in [9.17, 15) is 14.0 Å². The van der Waals surface area contributed by atoms with Crippen molar-refractivity contribution in [3.05, 3.63) is 30.1 Å². The zero-order chi connectivity index (χ0) is 14.4. The first-order chi connectivity index (χ1) is 8.93. The average molecular weight is 268 g/mol. The maximum atomic E-state index is 12.7. The molecule has 0 radical (unpaired) electrons. The number of hydrogen-bond donors (Lipinski definition) is 2. The summed E-state index contributed by atoms with van der Waals surface area (Å²) in [5.74, 6) is -1.98. The van der Waals surface area contributed by atoms with Crippen LogP contribution in [0, 0.1) is 11.7 Å². The van der Waals surface area contributed by atoms with E-state index in [-0.39, 0.29) is 12.4 Å². The predicted octanol–water partition coefficient (Wildman–Crippen LogP) is 2.40. The number of carboxylic acid groups (broad SMARTS) is 1. The second kappa shape index (κ2) is 6.72. The molecule has 6 heteroatoms. The number of nitrogens with zero attached hydrogens (tertiary/aromatic N) is 1. The van der Waals surface area contributed by atoms with E-state index in [1.54, 1.807) is 6.92 Å². The van der Waals surface area contributed by atoms with Gasteiger partial charge >= 0.3 is 12.0 Å². The fraction of sp³-hybridized carbons (Fsp3) is 0.385. The quantitative estimate of drug-likeness (QED) is 0.861. The molecule has 19 heavy (non-hydrogen) atoms. The van der Waals surface area contributed by atoms with Crippen LogP contribution < -0.4 is 5.32 Å². The molecule has 1 aromatic rings. The van der Waals surface area contributed by atoms with E-state index >= 15 is 0 Å². The molecular formula is C13H17FN2O3. The maximum Gasteiger partial charge on any atom is 0.321 e. The number of nitrogens with one attached hydrogen (secondary N) is 1. The summed E-state index contributed by atoms with van der Waals surface area (Å²) in [4.78, 5) is 24.1. The summed E-state index contributed by atoms with van der Waals surface area (Å²) in [6.45, 7) is 3.82. The molecule has 0 aliphatic carbocycles. The van der Waals surface area contributed by atoms with Crippen LogP contribution >= 0.6 is 0 Å². The van der Waals surface area contributed by atoms with Crippen molar-refractivity contribution in [2.75, 3.05) is 18.4 Å². The number of rotatable bonds is 5. The Bertz CT molecular complexity index is 448. The monoisotopic (exact) mass is 268 g/mol. The van der Waals surface area contributed by atoms with Crippen LogP contribution in [0.25, 0.3) is 0 Å². The van der Waals surface area contributed by atoms with Crippen molar-refractivity contribution in [3.8, 4) is 0 Å². The van der Waals surface area contributed by atoms with Gasteiger partial charge in [-0.2, -0.15) is 0 Å². The Hall–Kier alpha value is -2.11. The normalized spacial score (nSPS) is 11.7. The maximum absolute atomic E-state index is 12.7. The minimum atomic E-state index is -0.951. The molecule has 0 aliphatic heterocycles. The van der Waals surface area contributed by atoms with Crippen LogP contribution in [0.3, 0.4) is 0 Å². The molecule has 0 heterocycles. The van der Waals surface area contributed by atoms with Gasteiger partial charge in [-0.1, -0.05) is 6.92 Å². The number of carbonyl (C=O) groups excluding carboxylic acids is 1. The Morgan fingerprint density at radius 2 is 1.95 bits per heavy atom. The molecule has 0 saturated carbocycles. The number of anilines is 1. The third-order valence-corrected chi connectivity index (χ3v) is 2.68. The molecule has 1 unspecified atom stereocenters. The van der Waals surface area contributed by atoms with Crippen molar-refractivity contribution in [2.24, 2.45) is 5.92 Å². The summed E-state index contributed by atoms with van der Waals surface area (Å²) in [5.41, 5.74) is 0.466. The number of carbonyl (C=O) groups is 2. The van der Waals surface area contributed by atoms with E-state index in [4.69, 9.17) is 5.11 Å². The summed E-state index contributed by atoms with van der Waals surface area (Å²) < 4.78 is 12.7. The van der Waals surface area contributed by atoms with E-state index in [1.165, 1.54) is 36.1 Å². The van der Waals surface area contributed by atoms with Crippen LogP contribution in [0.4, 0.5) is 14.9 Å².